The van der Waals surface area contributed by atoms with Crippen LogP contribution in [0.2, 0.25) is 0 Å². The van der Waals surface area contributed by atoms with Crippen molar-refractivity contribution in [2.75, 3.05) is 32.5 Å². The molecule has 0 spiro atoms. The molecule has 0 unspecified atom stereocenters. The molecule has 1 aliphatic heterocycles. The van der Waals surface area contributed by atoms with Crippen molar-refractivity contribution >= 4 is 11.6 Å². The fraction of sp³-hybridized carbons (Fsp3) is 0.350. The number of anilines is 1. The quantitative estimate of drug-likeness (QED) is 0.897. The zero-order valence-electron chi connectivity index (χ0n) is 15.1. The smallest absolute Gasteiger partial charge is 0.255 e. The summed E-state index contributed by atoms with van der Waals surface area (Å²) in [5, 5.41) is 11.5. The number of carbonyl (C=O) groups excluding carboxylic acids is 1. The summed E-state index contributed by atoms with van der Waals surface area (Å²) in [4.78, 5) is 21.0. The van der Waals surface area contributed by atoms with Gasteiger partial charge in [0, 0.05) is 31.2 Å². The van der Waals surface area contributed by atoms with Crippen molar-refractivity contribution < 1.29 is 4.79 Å². The van der Waals surface area contributed by atoms with Gasteiger partial charge in [0.1, 0.15) is 11.8 Å². The summed E-state index contributed by atoms with van der Waals surface area (Å²) >= 11 is 0. The number of aromatic nitrogens is 1. The van der Waals surface area contributed by atoms with Gasteiger partial charge in [0.2, 0.25) is 0 Å². The minimum Gasteiger partial charge on any atom is -0.321 e. The van der Waals surface area contributed by atoms with Crippen molar-refractivity contribution in [1.82, 2.24) is 14.8 Å². The molecule has 0 aliphatic carbocycles. The average molecular weight is 349 g/mol. The predicted octanol–water partition coefficient (Wildman–Crippen LogP) is 2.34. The van der Waals surface area contributed by atoms with Gasteiger partial charge in [-0.3, -0.25) is 9.69 Å². The molecule has 2 aromatic rings. The molecular formula is C20H23N5O. The van der Waals surface area contributed by atoms with Gasteiger partial charge in [-0.25, -0.2) is 4.98 Å². The second kappa shape index (κ2) is 8.09. The van der Waals surface area contributed by atoms with E-state index in [9.17, 15) is 4.79 Å². The first kappa shape index (κ1) is 18.1. The first-order chi connectivity index (χ1) is 12.5. The number of rotatable bonds is 5. The second-order valence-electron chi connectivity index (χ2n) is 6.84. The maximum Gasteiger partial charge on any atom is 0.255 e. The number of nitrogens with one attached hydrogen (secondary N) is 1. The third kappa shape index (κ3) is 4.45. The minimum absolute atomic E-state index is 0.183. The van der Waals surface area contributed by atoms with Crippen molar-refractivity contribution in [3.63, 3.8) is 0 Å². The molecule has 1 N–H and O–H groups in total. The van der Waals surface area contributed by atoms with Crippen LogP contribution in [0.3, 0.4) is 0 Å². The molecule has 1 aromatic carbocycles. The SMILES string of the molecule is CN(C)[C@@H]1CCN(Cc2ccc(C(=O)Nc3ccc(C#N)nc3)cc2)C1. The van der Waals surface area contributed by atoms with E-state index in [0.717, 1.165) is 19.6 Å². The lowest BCUT2D eigenvalue weighted by Gasteiger charge is -2.20. The Hall–Kier alpha value is -2.75. The first-order valence-electron chi connectivity index (χ1n) is 8.70. The van der Waals surface area contributed by atoms with Crippen LogP contribution >= 0.6 is 0 Å². The summed E-state index contributed by atoms with van der Waals surface area (Å²) in [5.74, 6) is -0.183. The van der Waals surface area contributed by atoms with Gasteiger partial charge in [-0.15, -0.1) is 0 Å². The number of nitrogens with zero attached hydrogens (tertiary/aromatic N) is 4. The number of pyridine rings is 1. The van der Waals surface area contributed by atoms with Gasteiger partial charge in [0.05, 0.1) is 11.9 Å². The van der Waals surface area contributed by atoms with E-state index in [1.165, 1.54) is 18.2 Å². The molecule has 0 saturated carbocycles. The highest BCUT2D eigenvalue weighted by molar-refractivity contribution is 6.04. The highest BCUT2D eigenvalue weighted by Gasteiger charge is 2.23. The van der Waals surface area contributed by atoms with Crippen LogP contribution in [0.1, 0.15) is 28.0 Å². The molecule has 1 aliphatic rings. The Balaban J connectivity index is 1.56. The van der Waals surface area contributed by atoms with E-state index in [1.807, 2.05) is 30.3 Å². The van der Waals surface area contributed by atoms with Gasteiger partial charge in [0.15, 0.2) is 0 Å². The highest BCUT2D eigenvalue weighted by atomic mass is 16.1. The maximum absolute atomic E-state index is 12.3. The second-order valence-corrected chi connectivity index (χ2v) is 6.84. The molecule has 0 radical (unpaired) electrons. The predicted molar refractivity (Wildman–Crippen MR) is 101 cm³/mol. The molecule has 3 rings (SSSR count). The zero-order valence-corrected chi connectivity index (χ0v) is 15.1. The Morgan fingerprint density at radius 3 is 2.65 bits per heavy atom. The van der Waals surface area contributed by atoms with Crippen LogP contribution in [-0.4, -0.2) is 53.9 Å². The molecule has 6 heteroatoms. The Morgan fingerprint density at radius 1 is 1.31 bits per heavy atom. The summed E-state index contributed by atoms with van der Waals surface area (Å²) in [7, 11) is 4.26. The van der Waals surface area contributed by atoms with E-state index < -0.39 is 0 Å². The van der Waals surface area contributed by atoms with Crippen LogP contribution in [0.5, 0.6) is 0 Å². The average Bonchev–Trinajstić information content (AvgIpc) is 3.12. The number of likely N-dealkylation sites (tertiary alicyclic amines) is 1. The number of hydrogen-bond acceptors (Lipinski definition) is 5. The normalized spacial score (nSPS) is 17.2. The van der Waals surface area contributed by atoms with Crippen molar-refractivity contribution in [1.29, 1.82) is 5.26 Å². The summed E-state index contributed by atoms with van der Waals surface area (Å²) in [6.07, 6.45) is 2.69. The lowest BCUT2D eigenvalue weighted by molar-refractivity contribution is 0.102. The molecule has 1 amide bonds. The lowest BCUT2D eigenvalue weighted by Crippen LogP contribution is -2.31. The third-order valence-corrected chi connectivity index (χ3v) is 4.74. The molecule has 2 heterocycles. The van der Waals surface area contributed by atoms with Crippen LogP contribution in [-0.2, 0) is 6.54 Å². The van der Waals surface area contributed by atoms with Crippen molar-refractivity contribution in [2.45, 2.75) is 19.0 Å². The number of likely N-dealkylation sites (N-methyl/N-ethyl adjacent to an activating group) is 1. The van der Waals surface area contributed by atoms with E-state index in [1.54, 1.807) is 12.1 Å². The van der Waals surface area contributed by atoms with Gasteiger partial charge >= 0.3 is 0 Å². The Kier molecular flexibility index (Phi) is 5.61. The van der Waals surface area contributed by atoms with Crippen LogP contribution < -0.4 is 5.32 Å². The molecule has 1 atom stereocenters. The minimum atomic E-state index is -0.183. The van der Waals surface area contributed by atoms with Crippen molar-refractivity contribution in [3.8, 4) is 6.07 Å². The summed E-state index contributed by atoms with van der Waals surface area (Å²) in [6.45, 7) is 3.10. The van der Waals surface area contributed by atoms with Crippen molar-refractivity contribution in [2.24, 2.45) is 0 Å². The van der Waals surface area contributed by atoms with Crippen LogP contribution in [0.4, 0.5) is 5.69 Å². The Morgan fingerprint density at radius 2 is 2.08 bits per heavy atom. The van der Waals surface area contributed by atoms with E-state index in [4.69, 9.17) is 5.26 Å². The van der Waals surface area contributed by atoms with Crippen molar-refractivity contribution in [3.05, 3.63) is 59.4 Å². The van der Waals surface area contributed by atoms with Crippen LogP contribution in [0.15, 0.2) is 42.6 Å². The molecule has 1 saturated heterocycles. The molecule has 1 fully saturated rings. The summed E-state index contributed by atoms with van der Waals surface area (Å²) in [5.41, 5.74) is 2.71. The lowest BCUT2D eigenvalue weighted by atomic mass is 10.1. The molecule has 1 aromatic heterocycles. The third-order valence-electron chi connectivity index (χ3n) is 4.74. The van der Waals surface area contributed by atoms with Gasteiger partial charge in [-0.2, -0.15) is 5.26 Å². The monoisotopic (exact) mass is 349 g/mol. The number of amides is 1. The number of carbonyl (C=O) groups is 1. The van der Waals surface area contributed by atoms with E-state index in [0.29, 0.717) is 23.0 Å². The molecule has 6 nitrogen and oxygen atoms in total. The zero-order chi connectivity index (χ0) is 18.5. The highest BCUT2D eigenvalue weighted by Crippen LogP contribution is 2.17. The molecular weight excluding hydrogens is 326 g/mol. The first-order valence-corrected chi connectivity index (χ1v) is 8.70. The standard InChI is InChI=1S/C20H23N5O/c1-24(2)19-9-10-25(14-19)13-15-3-5-16(6-4-15)20(26)23-18-8-7-17(11-21)22-12-18/h3-8,12,19H,9-10,13-14H2,1-2H3,(H,23,26)/t19-/m1/s1. The van der Waals surface area contributed by atoms with E-state index in [-0.39, 0.29) is 5.91 Å². The number of hydrogen-bond donors (Lipinski definition) is 1. The van der Waals surface area contributed by atoms with Gasteiger partial charge < -0.3 is 10.2 Å². The van der Waals surface area contributed by atoms with E-state index in [2.05, 4.69) is 34.2 Å². The Bertz CT molecular complexity index is 792. The summed E-state index contributed by atoms with van der Waals surface area (Å²) in [6, 6.07) is 13.5. The maximum atomic E-state index is 12.3. The van der Waals surface area contributed by atoms with Gasteiger partial charge in [-0.1, -0.05) is 12.1 Å². The van der Waals surface area contributed by atoms with Gasteiger partial charge in [-0.05, 0) is 50.3 Å². The fourth-order valence-corrected chi connectivity index (χ4v) is 3.13. The van der Waals surface area contributed by atoms with Gasteiger partial charge in [0.25, 0.3) is 5.91 Å². The Labute approximate surface area is 154 Å². The number of benzene rings is 1. The van der Waals surface area contributed by atoms with Crippen LogP contribution in [0, 0.1) is 11.3 Å². The van der Waals surface area contributed by atoms with Crippen LogP contribution in [0.25, 0.3) is 0 Å². The molecule has 26 heavy (non-hydrogen) atoms. The van der Waals surface area contributed by atoms with E-state index >= 15 is 0 Å². The molecule has 0 bridgehead atoms. The molecule has 134 valence electrons. The topological polar surface area (TPSA) is 72.3 Å². The largest absolute Gasteiger partial charge is 0.321 e. The number of nitriles is 1. The summed E-state index contributed by atoms with van der Waals surface area (Å²) < 4.78 is 0. The fourth-order valence-electron chi connectivity index (χ4n) is 3.13.